The number of ether oxygens (including phenoxy) is 2. The van der Waals surface area contributed by atoms with E-state index in [0.717, 1.165) is 48.6 Å². The van der Waals surface area contributed by atoms with Gasteiger partial charge in [-0.15, -0.1) is 0 Å². The van der Waals surface area contributed by atoms with Crippen LogP contribution < -0.4 is 4.74 Å². The van der Waals surface area contributed by atoms with Gasteiger partial charge in [-0.25, -0.2) is 0 Å². The Morgan fingerprint density at radius 1 is 1.38 bits per heavy atom. The Balaban J connectivity index is 1.87. The number of carboxylic acid groups (broad SMARTS) is 1. The fraction of sp³-hybridized carbons (Fsp3) is 0.533. The molecule has 0 aromatic heterocycles. The highest BCUT2D eigenvalue weighted by Crippen LogP contribution is 2.24. The van der Waals surface area contributed by atoms with Crippen molar-refractivity contribution in [3.05, 3.63) is 28.2 Å². The molecule has 0 amide bonds. The van der Waals surface area contributed by atoms with Crippen molar-refractivity contribution in [2.45, 2.75) is 12.8 Å². The quantitative estimate of drug-likeness (QED) is 0.810. The molecule has 1 aliphatic heterocycles. The summed E-state index contributed by atoms with van der Waals surface area (Å²) in [5.41, 5.74) is 0.925. The molecule has 2 rings (SSSR count). The lowest BCUT2D eigenvalue weighted by atomic mass is 10.1. The lowest BCUT2D eigenvalue weighted by Crippen LogP contribution is -2.38. The van der Waals surface area contributed by atoms with Crippen LogP contribution in [0.4, 0.5) is 0 Å². The van der Waals surface area contributed by atoms with Crippen molar-refractivity contribution in [1.82, 2.24) is 4.90 Å². The molecule has 0 radical (unpaired) electrons. The first-order chi connectivity index (χ1) is 10.1. The molecule has 1 aliphatic rings. The second kappa shape index (κ2) is 8.36. The molecule has 6 heteroatoms. The van der Waals surface area contributed by atoms with Gasteiger partial charge in [0, 0.05) is 30.5 Å². The maximum atomic E-state index is 10.7. The molecular formula is C15H20BrNO4. The number of aryl methyl sites for hydroxylation is 1. The predicted octanol–water partition coefficient (Wildman–Crippen LogP) is 2.18. The van der Waals surface area contributed by atoms with Gasteiger partial charge in [0.2, 0.25) is 0 Å². The van der Waals surface area contributed by atoms with Crippen LogP contribution >= 0.6 is 15.9 Å². The van der Waals surface area contributed by atoms with E-state index in [2.05, 4.69) is 20.8 Å². The minimum absolute atomic E-state index is 0.107. The third-order valence-electron chi connectivity index (χ3n) is 3.40. The summed E-state index contributed by atoms with van der Waals surface area (Å²) in [4.78, 5) is 13.0. The number of benzene rings is 1. The normalized spacial score (nSPS) is 15.9. The monoisotopic (exact) mass is 357 g/mol. The highest BCUT2D eigenvalue weighted by Gasteiger charge is 2.11. The standard InChI is InChI=1S/C15H20BrNO4/c16-13-2-3-14(12(11-13)1-4-15(18)19)21-10-7-17-5-8-20-9-6-17/h2-3,11H,1,4-10H2,(H,18,19). The van der Waals surface area contributed by atoms with E-state index in [4.69, 9.17) is 14.6 Å². The summed E-state index contributed by atoms with van der Waals surface area (Å²) < 4.78 is 12.1. The highest BCUT2D eigenvalue weighted by molar-refractivity contribution is 9.10. The van der Waals surface area contributed by atoms with Gasteiger partial charge in [0.15, 0.2) is 0 Å². The highest BCUT2D eigenvalue weighted by atomic mass is 79.9. The van der Waals surface area contributed by atoms with Crippen LogP contribution in [-0.4, -0.2) is 55.4 Å². The van der Waals surface area contributed by atoms with Gasteiger partial charge in [-0.05, 0) is 30.2 Å². The molecule has 0 unspecified atom stereocenters. The van der Waals surface area contributed by atoms with Crippen LogP contribution in [-0.2, 0) is 16.0 Å². The van der Waals surface area contributed by atoms with Crippen LogP contribution in [0, 0.1) is 0 Å². The zero-order valence-corrected chi connectivity index (χ0v) is 13.5. The van der Waals surface area contributed by atoms with Gasteiger partial charge in [0.05, 0.1) is 13.2 Å². The lowest BCUT2D eigenvalue weighted by molar-refractivity contribution is -0.136. The second-order valence-corrected chi connectivity index (χ2v) is 5.86. The lowest BCUT2D eigenvalue weighted by Gasteiger charge is -2.26. The van der Waals surface area contributed by atoms with Gasteiger partial charge in [-0.1, -0.05) is 15.9 Å². The number of nitrogens with zero attached hydrogens (tertiary/aromatic N) is 1. The number of carbonyl (C=O) groups is 1. The average molecular weight is 358 g/mol. The predicted molar refractivity (Wildman–Crippen MR) is 82.9 cm³/mol. The molecule has 0 bridgehead atoms. The van der Waals surface area contributed by atoms with Crippen molar-refractivity contribution in [1.29, 1.82) is 0 Å². The molecule has 116 valence electrons. The zero-order chi connectivity index (χ0) is 15.1. The molecule has 21 heavy (non-hydrogen) atoms. The van der Waals surface area contributed by atoms with E-state index in [1.54, 1.807) is 0 Å². The van der Waals surface area contributed by atoms with Crippen LogP contribution in [0.15, 0.2) is 22.7 Å². The van der Waals surface area contributed by atoms with E-state index in [1.807, 2.05) is 18.2 Å². The van der Waals surface area contributed by atoms with E-state index in [0.29, 0.717) is 13.0 Å². The second-order valence-electron chi connectivity index (χ2n) is 4.95. The SMILES string of the molecule is O=C(O)CCc1cc(Br)ccc1OCCN1CCOCC1. The summed E-state index contributed by atoms with van der Waals surface area (Å²) in [6.07, 6.45) is 0.581. The first kappa shape index (κ1) is 16.3. The Labute approximate surface area is 133 Å². The summed E-state index contributed by atoms with van der Waals surface area (Å²) >= 11 is 3.41. The van der Waals surface area contributed by atoms with Gasteiger partial charge in [0.25, 0.3) is 0 Å². The summed E-state index contributed by atoms with van der Waals surface area (Å²) in [6.45, 7) is 4.90. The molecule has 1 aromatic rings. The first-order valence-electron chi connectivity index (χ1n) is 7.08. The van der Waals surface area contributed by atoms with Gasteiger partial charge in [-0.3, -0.25) is 9.69 Å². The molecule has 1 saturated heterocycles. The van der Waals surface area contributed by atoms with E-state index >= 15 is 0 Å². The largest absolute Gasteiger partial charge is 0.492 e. The van der Waals surface area contributed by atoms with E-state index in [1.165, 1.54) is 0 Å². The maximum Gasteiger partial charge on any atom is 0.303 e. The van der Waals surface area contributed by atoms with E-state index in [9.17, 15) is 4.79 Å². The molecule has 0 atom stereocenters. The van der Waals surface area contributed by atoms with Crippen molar-refractivity contribution >= 4 is 21.9 Å². The van der Waals surface area contributed by atoms with Crippen molar-refractivity contribution < 1.29 is 19.4 Å². The van der Waals surface area contributed by atoms with Crippen LogP contribution in [0.25, 0.3) is 0 Å². The van der Waals surface area contributed by atoms with Gasteiger partial charge in [-0.2, -0.15) is 0 Å². The Hall–Kier alpha value is -1.11. The summed E-state index contributed by atoms with van der Waals surface area (Å²) in [5, 5.41) is 8.81. The molecule has 1 fully saturated rings. The van der Waals surface area contributed by atoms with Crippen LogP contribution in [0.1, 0.15) is 12.0 Å². The van der Waals surface area contributed by atoms with Crippen molar-refractivity contribution in [3.8, 4) is 5.75 Å². The topological polar surface area (TPSA) is 59.0 Å². The number of morpholine rings is 1. The number of aliphatic carboxylic acids is 1. The molecule has 0 spiro atoms. The van der Waals surface area contributed by atoms with Crippen molar-refractivity contribution in [3.63, 3.8) is 0 Å². The van der Waals surface area contributed by atoms with Crippen molar-refractivity contribution in [2.24, 2.45) is 0 Å². The third kappa shape index (κ3) is 5.65. The molecule has 0 saturated carbocycles. The third-order valence-corrected chi connectivity index (χ3v) is 3.89. The first-order valence-corrected chi connectivity index (χ1v) is 7.87. The molecule has 1 heterocycles. The Kier molecular flexibility index (Phi) is 6.48. The van der Waals surface area contributed by atoms with Gasteiger partial charge >= 0.3 is 5.97 Å². The Bertz CT molecular complexity index is 475. The molecule has 5 nitrogen and oxygen atoms in total. The molecule has 0 aliphatic carbocycles. The summed E-state index contributed by atoms with van der Waals surface area (Å²) in [5.74, 6) is -0.0260. The van der Waals surface area contributed by atoms with Crippen LogP contribution in [0.5, 0.6) is 5.75 Å². The number of carboxylic acids is 1. The number of halogens is 1. The smallest absolute Gasteiger partial charge is 0.303 e. The van der Waals surface area contributed by atoms with Crippen LogP contribution in [0.3, 0.4) is 0 Å². The molecule has 1 N–H and O–H groups in total. The number of rotatable bonds is 7. The minimum Gasteiger partial charge on any atom is -0.492 e. The number of hydrogen-bond acceptors (Lipinski definition) is 4. The average Bonchev–Trinajstić information content (AvgIpc) is 2.48. The van der Waals surface area contributed by atoms with Crippen molar-refractivity contribution in [2.75, 3.05) is 39.5 Å². The Morgan fingerprint density at radius 3 is 2.86 bits per heavy atom. The van der Waals surface area contributed by atoms with E-state index < -0.39 is 5.97 Å². The molecular weight excluding hydrogens is 338 g/mol. The van der Waals surface area contributed by atoms with Gasteiger partial charge in [0.1, 0.15) is 12.4 Å². The maximum absolute atomic E-state index is 10.7. The number of hydrogen-bond donors (Lipinski definition) is 1. The fourth-order valence-corrected chi connectivity index (χ4v) is 2.64. The van der Waals surface area contributed by atoms with Gasteiger partial charge < -0.3 is 14.6 Å². The minimum atomic E-state index is -0.797. The van der Waals surface area contributed by atoms with E-state index in [-0.39, 0.29) is 6.42 Å². The fourth-order valence-electron chi connectivity index (χ4n) is 2.24. The van der Waals surface area contributed by atoms with Crippen LogP contribution in [0.2, 0.25) is 0 Å². The summed E-state index contributed by atoms with van der Waals surface area (Å²) in [6, 6.07) is 5.72. The zero-order valence-electron chi connectivity index (χ0n) is 11.9. The summed E-state index contributed by atoms with van der Waals surface area (Å²) in [7, 11) is 0. The Morgan fingerprint density at radius 2 is 2.14 bits per heavy atom. The molecule has 1 aromatic carbocycles.